The monoisotopic (exact) mass is 906 g/mol. The molecule has 0 fully saturated rings. The fourth-order valence-corrected chi connectivity index (χ4v) is 12.4. The lowest BCUT2D eigenvalue weighted by Crippen LogP contribution is -2.32. The molecule has 8 aromatic carbocycles. The summed E-state index contributed by atoms with van der Waals surface area (Å²) in [6, 6.07) is 76.2. The molecule has 0 amide bonds. The van der Waals surface area contributed by atoms with Gasteiger partial charge in [0, 0.05) is 78.8 Å². The number of nitrogens with zero attached hydrogens (tertiary/aromatic N) is 6. The van der Waals surface area contributed by atoms with Crippen LogP contribution in [-0.2, 0) is 5.41 Å². The van der Waals surface area contributed by atoms with Gasteiger partial charge in [0.25, 0.3) is 0 Å². The van der Waals surface area contributed by atoms with Crippen molar-refractivity contribution in [1.82, 2.24) is 28.7 Å². The van der Waals surface area contributed by atoms with E-state index >= 15 is 0 Å². The molecule has 0 N–H and O–H groups in total. The van der Waals surface area contributed by atoms with E-state index in [4.69, 9.17) is 19.7 Å². The van der Waals surface area contributed by atoms with E-state index in [1.165, 1.54) is 21.5 Å². The quantitative estimate of drug-likeness (QED) is 0.176. The van der Waals surface area contributed by atoms with Gasteiger partial charge in [0.05, 0.1) is 55.6 Å². The SMILES string of the molecule is c1ccc2c(c1)Oc1ccc(-n3c4ccccc4c4ccccc43)cc1C21c2cccnc2-c2ncc(-c3ccc4c(c3)c3ccccc3n4-c3ncccc3-n3c4ccccc4c4ccccc43)cc21. The van der Waals surface area contributed by atoms with Gasteiger partial charge in [0.1, 0.15) is 11.5 Å². The standard InChI is InChI=1S/C64H38N6O/c1-7-22-52-42(15-1)43-16-2-8-23-53(43)68(52)41-30-32-60-50(37-41)64(48-20-6-12-28-59(48)71-60)49-21-13-33-65-61(49)62-51(64)36-40(38-67-62)39-29-31-57-47(35-39)46-19-5-11-26-56(46)70(57)63-58(27-14-34-66-63)69-54-24-9-3-17-44(54)45-18-4-10-25-55(45)69/h1-38H. The van der Waals surface area contributed by atoms with Crippen LogP contribution in [0, 0.1) is 0 Å². The minimum absolute atomic E-state index is 0.788. The number of fused-ring (bicyclic) bond motifs is 18. The third-order valence-corrected chi connectivity index (χ3v) is 15.2. The van der Waals surface area contributed by atoms with Gasteiger partial charge < -0.3 is 13.9 Å². The van der Waals surface area contributed by atoms with Crippen molar-refractivity contribution in [2.24, 2.45) is 0 Å². The Hall–Kier alpha value is -9.59. The molecule has 2 aliphatic rings. The zero-order valence-corrected chi connectivity index (χ0v) is 38.0. The molecule has 330 valence electrons. The number of para-hydroxylation sites is 6. The predicted octanol–water partition coefficient (Wildman–Crippen LogP) is 15.3. The number of hydrogen-bond acceptors (Lipinski definition) is 4. The summed E-state index contributed by atoms with van der Waals surface area (Å²) in [7, 11) is 0. The second-order valence-corrected chi connectivity index (χ2v) is 18.7. The number of hydrogen-bond donors (Lipinski definition) is 0. The summed E-state index contributed by atoms with van der Waals surface area (Å²) in [4.78, 5) is 15.7. The van der Waals surface area contributed by atoms with Gasteiger partial charge in [-0.05, 0) is 102 Å². The number of pyridine rings is 3. The molecule has 1 unspecified atom stereocenters. The van der Waals surface area contributed by atoms with Crippen LogP contribution in [0.25, 0.3) is 105 Å². The molecule has 0 saturated heterocycles. The first kappa shape index (κ1) is 38.4. The third kappa shape index (κ3) is 5.08. The molecule has 0 radical (unpaired) electrons. The van der Waals surface area contributed by atoms with Gasteiger partial charge in [-0.1, -0.05) is 121 Å². The number of benzene rings is 8. The van der Waals surface area contributed by atoms with Crippen molar-refractivity contribution >= 4 is 65.4 Å². The van der Waals surface area contributed by atoms with Gasteiger partial charge in [-0.2, -0.15) is 0 Å². The molecule has 0 bridgehead atoms. The highest BCUT2D eigenvalue weighted by Gasteiger charge is 2.52. The van der Waals surface area contributed by atoms with Gasteiger partial charge >= 0.3 is 0 Å². The Labute approximate surface area is 406 Å². The molecule has 1 aliphatic carbocycles. The van der Waals surface area contributed by atoms with Gasteiger partial charge in [-0.15, -0.1) is 0 Å². The molecule has 16 rings (SSSR count). The molecule has 0 saturated carbocycles. The highest BCUT2D eigenvalue weighted by Crippen LogP contribution is 2.62. The second-order valence-electron chi connectivity index (χ2n) is 18.7. The van der Waals surface area contributed by atoms with Crippen molar-refractivity contribution in [2.75, 3.05) is 0 Å². The largest absolute Gasteiger partial charge is 0.457 e. The Morgan fingerprint density at radius 1 is 0.338 bits per heavy atom. The minimum atomic E-state index is -0.788. The van der Waals surface area contributed by atoms with Crippen molar-refractivity contribution in [3.63, 3.8) is 0 Å². The van der Waals surface area contributed by atoms with E-state index in [9.17, 15) is 0 Å². The van der Waals surface area contributed by atoms with E-state index in [-0.39, 0.29) is 0 Å². The highest BCUT2D eigenvalue weighted by atomic mass is 16.5. The van der Waals surface area contributed by atoms with Crippen LogP contribution in [0.2, 0.25) is 0 Å². The van der Waals surface area contributed by atoms with Crippen LogP contribution in [0.4, 0.5) is 0 Å². The highest BCUT2D eigenvalue weighted by molar-refractivity contribution is 6.13. The van der Waals surface area contributed by atoms with E-state index < -0.39 is 5.41 Å². The molecule has 7 heterocycles. The Bertz CT molecular complexity index is 4490. The molecule has 6 aromatic heterocycles. The molecule has 1 aliphatic heterocycles. The number of ether oxygens (including phenoxy) is 1. The summed E-state index contributed by atoms with van der Waals surface area (Å²) in [5.74, 6) is 2.49. The summed E-state index contributed by atoms with van der Waals surface area (Å²) in [5.41, 5.74) is 16.1. The molecule has 7 heteroatoms. The molecule has 1 spiro atoms. The van der Waals surface area contributed by atoms with Crippen LogP contribution in [0.15, 0.2) is 231 Å². The fraction of sp³-hybridized carbons (Fsp3) is 0.0156. The Kier molecular flexibility index (Phi) is 7.69. The van der Waals surface area contributed by atoms with E-state index in [1.807, 2.05) is 24.7 Å². The van der Waals surface area contributed by atoms with Crippen LogP contribution in [0.3, 0.4) is 0 Å². The van der Waals surface area contributed by atoms with Crippen molar-refractivity contribution in [1.29, 1.82) is 0 Å². The maximum absolute atomic E-state index is 6.90. The smallest absolute Gasteiger partial charge is 0.162 e. The molecule has 71 heavy (non-hydrogen) atoms. The maximum Gasteiger partial charge on any atom is 0.162 e. The average Bonchev–Trinajstić information content (AvgIpc) is 4.15. The Morgan fingerprint density at radius 2 is 0.873 bits per heavy atom. The van der Waals surface area contributed by atoms with Crippen LogP contribution in [-0.4, -0.2) is 28.7 Å². The Morgan fingerprint density at radius 3 is 1.58 bits per heavy atom. The summed E-state index contributed by atoms with van der Waals surface area (Å²) >= 11 is 0. The van der Waals surface area contributed by atoms with E-state index in [0.29, 0.717) is 0 Å². The van der Waals surface area contributed by atoms with Crippen LogP contribution in [0.5, 0.6) is 11.5 Å². The topological polar surface area (TPSA) is 62.7 Å². The molecule has 1 atom stereocenters. The average molecular weight is 907 g/mol. The van der Waals surface area contributed by atoms with Crippen molar-refractivity contribution < 1.29 is 4.74 Å². The third-order valence-electron chi connectivity index (χ3n) is 15.2. The molecule has 7 nitrogen and oxygen atoms in total. The van der Waals surface area contributed by atoms with E-state index in [2.05, 4.69) is 220 Å². The van der Waals surface area contributed by atoms with Crippen LogP contribution < -0.4 is 4.74 Å². The lowest BCUT2D eigenvalue weighted by Gasteiger charge is -2.39. The molecule has 14 aromatic rings. The summed E-state index contributed by atoms with van der Waals surface area (Å²) < 4.78 is 14.0. The van der Waals surface area contributed by atoms with Gasteiger partial charge in [-0.3, -0.25) is 14.5 Å². The summed E-state index contributed by atoms with van der Waals surface area (Å²) in [6.07, 6.45) is 5.81. The normalized spacial score (nSPS) is 14.6. The maximum atomic E-state index is 6.90. The van der Waals surface area contributed by atoms with E-state index in [0.717, 1.165) is 117 Å². The van der Waals surface area contributed by atoms with Crippen molar-refractivity contribution in [3.8, 4) is 51.2 Å². The van der Waals surface area contributed by atoms with Crippen LogP contribution in [0.1, 0.15) is 22.3 Å². The lowest BCUT2D eigenvalue weighted by molar-refractivity contribution is 0.436. The van der Waals surface area contributed by atoms with Gasteiger partial charge in [0.2, 0.25) is 0 Å². The molecular formula is C64H38N6O. The molecular weight excluding hydrogens is 869 g/mol. The van der Waals surface area contributed by atoms with Gasteiger partial charge in [-0.25, -0.2) is 4.98 Å². The minimum Gasteiger partial charge on any atom is -0.457 e. The van der Waals surface area contributed by atoms with Crippen molar-refractivity contribution in [3.05, 3.63) is 253 Å². The summed E-state index contributed by atoms with van der Waals surface area (Å²) in [5, 5.41) is 7.14. The Balaban J connectivity index is 0.915. The van der Waals surface area contributed by atoms with Crippen molar-refractivity contribution in [2.45, 2.75) is 5.41 Å². The van der Waals surface area contributed by atoms with Gasteiger partial charge in [0.15, 0.2) is 5.82 Å². The first-order valence-electron chi connectivity index (χ1n) is 24.1. The lowest BCUT2D eigenvalue weighted by atomic mass is 9.66. The first-order valence-corrected chi connectivity index (χ1v) is 24.1. The number of rotatable bonds is 4. The second kappa shape index (κ2) is 14.2. The first-order chi connectivity index (χ1) is 35.2. The van der Waals surface area contributed by atoms with Crippen LogP contribution >= 0.6 is 0 Å². The van der Waals surface area contributed by atoms with E-state index in [1.54, 1.807) is 0 Å². The fourth-order valence-electron chi connectivity index (χ4n) is 12.4. The number of aromatic nitrogens is 6. The predicted molar refractivity (Wildman–Crippen MR) is 286 cm³/mol. The summed E-state index contributed by atoms with van der Waals surface area (Å²) in [6.45, 7) is 0. The zero-order chi connectivity index (χ0) is 46.4. The zero-order valence-electron chi connectivity index (χ0n) is 38.0.